The minimum Gasteiger partial charge on any atom is -0.378 e. The highest BCUT2D eigenvalue weighted by Crippen LogP contribution is 2.45. The molecule has 0 saturated carbocycles. The number of rotatable bonds is 8. The molecule has 1 aliphatic rings. The van der Waals surface area contributed by atoms with E-state index in [4.69, 9.17) is 4.98 Å². The molecule has 0 saturated heterocycles. The van der Waals surface area contributed by atoms with Gasteiger partial charge >= 0.3 is 0 Å². The molecule has 0 unspecified atom stereocenters. The lowest BCUT2D eigenvalue weighted by molar-refractivity contribution is 0.104. The van der Waals surface area contributed by atoms with Gasteiger partial charge in [-0.05, 0) is 72.9 Å². The van der Waals surface area contributed by atoms with E-state index >= 15 is 0 Å². The molecule has 3 aromatic carbocycles. The van der Waals surface area contributed by atoms with Gasteiger partial charge in [-0.3, -0.25) is 4.79 Å². The van der Waals surface area contributed by atoms with Gasteiger partial charge in [0.2, 0.25) is 0 Å². The third-order valence-corrected chi connectivity index (χ3v) is 8.66. The van der Waals surface area contributed by atoms with E-state index < -0.39 is 0 Å². The van der Waals surface area contributed by atoms with Crippen LogP contribution in [0.15, 0.2) is 105 Å². The number of hydrogen-bond acceptors (Lipinski definition) is 5. The lowest BCUT2D eigenvalue weighted by Gasteiger charge is -2.17. The van der Waals surface area contributed by atoms with Crippen molar-refractivity contribution in [3.05, 3.63) is 107 Å². The minimum absolute atomic E-state index is 0.0359. The Morgan fingerprint density at radius 3 is 2.57 bits per heavy atom. The Balaban J connectivity index is 1.46. The van der Waals surface area contributed by atoms with Gasteiger partial charge in [0, 0.05) is 29.8 Å². The zero-order chi connectivity index (χ0) is 24.2. The Labute approximate surface area is 214 Å². The van der Waals surface area contributed by atoms with Crippen LogP contribution >= 0.6 is 23.1 Å². The fourth-order valence-corrected chi connectivity index (χ4v) is 6.63. The van der Waals surface area contributed by atoms with Crippen molar-refractivity contribution < 1.29 is 4.79 Å². The largest absolute Gasteiger partial charge is 0.378 e. The molecule has 0 fully saturated rings. The van der Waals surface area contributed by atoms with E-state index in [9.17, 15) is 4.79 Å². The molecule has 1 aliphatic carbocycles. The Morgan fingerprint density at radius 2 is 1.77 bits per heavy atom. The summed E-state index contributed by atoms with van der Waals surface area (Å²) in [5, 5.41) is 2.23. The van der Waals surface area contributed by atoms with Crippen molar-refractivity contribution in [2.45, 2.75) is 31.0 Å². The Kier molecular flexibility index (Phi) is 7.16. The highest BCUT2D eigenvalue weighted by molar-refractivity contribution is 8.05. The molecule has 0 atom stereocenters. The average molecular weight is 497 g/mol. The van der Waals surface area contributed by atoms with E-state index in [2.05, 4.69) is 49.2 Å². The van der Waals surface area contributed by atoms with Gasteiger partial charge in [0.25, 0.3) is 0 Å². The number of hydrogen-bond donors (Lipinski definition) is 0. The number of carbonyl (C=O) groups is 1. The van der Waals surface area contributed by atoms with Gasteiger partial charge in [0.15, 0.2) is 10.1 Å². The fourth-order valence-electron chi connectivity index (χ4n) is 4.34. The summed E-state index contributed by atoms with van der Waals surface area (Å²) < 4.78 is 2.24. The highest BCUT2D eigenvalue weighted by Gasteiger charge is 2.22. The van der Waals surface area contributed by atoms with E-state index in [0.717, 1.165) is 52.1 Å². The number of para-hydroxylation sites is 1. The third kappa shape index (κ3) is 5.26. The number of fused-ring (bicyclic) bond motifs is 2. The maximum atomic E-state index is 13.0. The van der Waals surface area contributed by atoms with Gasteiger partial charge in [0.1, 0.15) is 0 Å². The molecule has 4 aromatic rings. The second kappa shape index (κ2) is 10.6. The number of thiazole rings is 1. The van der Waals surface area contributed by atoms with Crippen LogP contribution in [0.5, 0.6) is 0 Å². The number of nitrogens with zero attached hydrogens (tertiary/aromatic N) is 2. The van der Waals surface area contributed by atoms with Gasteiger partial charge in [-0.1, -0.05) is 66.4 Å². The molecule has 0 N–H and O–H groups in total. The van der Waals surface area contributed by atoms with Crippen LogP contribution in [0.4, 0.5) is 0 Å². The number of ketones is 1. The Hall–Kier alpha value is -3.15. The predicted molar refractivity (Wildman–Crippen MR) is 150 cm³/mol. The molecule has 0 radical (unpaired) electrons. The molecule has 0 bridgehead atoms. The third-order valence-electron chi connectivity index (χ3n) is 6.33. The second-order valence-corrected chi connectivity index (χ2v) is 10.8. The number of benzene rings is 3. The van der Waals surface area contributed by atoms with E-state index in [1.54, 1.807) is 29.2 Å². The lowest BCUT2D eigenvalue weighted by atomic mass is 10.0. The van der Waals surface area contributed by atoms with E-state index in [1.165, 1.54) is 20.8 Å². The standard InChI is InChI=1S/C30H28N2OS2/c1-3-32(4-2)20-25-16-14-22(29(25)35-30-31-26-11-7-8-12-28(26)34-30)17-18-27(33)24-15-13-21-9-5-6-10-23(21)19-24/h5-13,15,17-20H,3-4,14,16H2,1-2H3/b18-17+,25-20+. The first kappa shape index (κ1) is 23.6. The summed E-state index contributed by atoms with van der Waals surface area (Å²) in [7, 11) is 0. The van der Waals surface area contributed by atoms with Crippen LogP contribution in [0.1, 0.15) is 37.0 Å². The summed E-state index contributed by atoms with van der Waals surface area (Å²) in [5.41, 5.74) is 4.30. The van der Waals surface area contributed by atoms with Crippen LogP contribution in [-0.4, -0.2) is 28.8 Å². The van der Waals surface area contributed by atoms with Gasteiger partial charge in [-0.15, -0.1) is 11.3 Å². The van der Waals surface area contributed by atoms with Crippen molar-refractivity contribution in [3.63, 3.8) is 0 Å². The summed E-state index contributed by atoms with van der Waals surface area (Å²) >= 11 is 3.46. The van der Waals surface area contributed by atoms with Crippen LogP contribution in [0.2, 0.25) is 0 Å². The molecule has 1 aromatic heterocycles. The highest BCUT2D eigenvalue weighted by atomic mass is 32.2. The lowest BCUT2D eigenvalue weighted by Crippen LogP contribution is -2.16. The molecule has 35 heavy (non-hydrogen) atoms. The molecular weight excluding hydrogens is 468 g/mol. The quantitative estimate of drug-likeness (QED) is 0.182. The number of thioether (sulfide) groups is 1. The van der Waals surface area contributed by atoms with Crippen molar-refractivity contribution in [2.24, 2.45) is 0 Å². The number of aromatic nitrogens is 1. The molecule has 5 heteroatoms. The van der Waals surface area contributed by atoms with Gasteiger partial charge in [0.05, 0.1) is 10.2 Å². The summed E-state index contributed by atoms with van der Waals surface area (Å²) in [5.74, 6) is 0.0359. The van der Waals surface area contributed by atoms with Crippen LogP contribution in [0.3, 0.4) is 0 Å². The van der Waals surface area contributed by atoms with Gasteiger partial charge < -0.3 is 4.90 Å². The van der Waals surface area contributed by atoms with Gasteiger partial charge in [-0.25, -0.2) is 4.98 Å². The van der Waals surface area contributed by atoms with Crippen LogP contribution in [0.25, 0.3) is 21.0 Å². The first-order chi connectivity index (χ1) is 17.1. The Morgan fingerprint density at radius 1 is 1.00 bits per heavy atom. The smallest absolute Gasteiger partial charge is 0.185 e. The van der Waals surface area contributed by atoms with Crippen LogP contribution < -0.4 is 0 Å². The van der Waals surface area contributed by atoms with Crippen molar-refractivity contribution in [1.82, 2.24) is 9.88 Å². The topological polar surface area (TPSA) is 33.2 Å². The summed E-state index contributed by atoms with van der Waals surface area (Å²) in [4.78, 5) is 21.5. The first-order valence-electron chi connectivity index (χ1n) is 12.1. The monoisotopic (exact) mass is 496 g/mol. The summed E-state index contributed by atoms with van der Waals surface area (Å²) in [6.45, 7) is 6.32. The van der Waals surface area contributed by atoms with E-state index in [0.29, 0.717) is 0 Å². The van der Waals surface area contributed by atoms with Crippen molar-refractivity contribution in [1.29, 1.82) is 0 Å². The second-order valence-electron chi connectivity index (χ2n) is 8.54. The molecule has 0 amide bonds. The normalized spacial score (nSPS) is 15.2. The average Bonchev–Trinajstić information content (AvgIpc) is 3.48. The number of carbonyl (C=O) groups excluding carboxylic acids is 1. The predicted octanol–water partition coefficient (Wildman–Crippen LogP) is 8.25. The van der Waals surface area contributed by atoms with Crippen LogP contribution in [-0.2, 0) is 0 Å². The van der Waals surface area contributed by atoms with Crippen molar-refractivity contribution >= 4 is 49.9 Å². The SMILES string of the molecule is CCN(/C=C1\CCC(/C=C/C(=O)c2ccc3ccccc3c2)=C1Sc1nc2ccccc2s1)CC. The number of allylic oxidation sites excluding steroid dienone is 4. The molecule has 176 valence electrons. The zero-order valence-corrected chi connectivity index (χ0v) is 21.7. The molecule has 0 aliphatic heterocycles. The molecular formula is C30H28N2OS2. The molecule has 0 spiro atoms. The summed E-state index contributed by atoms with van der Waals surface area (Å²) in [6.07, 6.45) is 7.96. The minimum atomic E-state index is 0.0359. The molecule has 1 heterocycles. The van der Waals surface area contributed by atoms with E-state index in [-0.39, 0.29) is 5.78 Å². The zero-order valence-electron chi connectivity index (χ0n) is 20.0. The maximum Gasteiger partial charge on any atom is 0.185 e. The molecule has 5 rings (SSSR count). The maximum absolute atomic E-state index is 13.0. The van der Waals surface area contributed by atoms with Crippen LogP contribution in [0, 0.1) is 0 Å². The molecule has 3 nitrogen and oxygen atoms in total. The van der Waals surface area contributed by atoms with Gasteiger partial charge in [-0.2, -0.15) is 0 Å². The van der Waals surface area contributed by atoms with E-state index in [1.807, 2.05) is 48.5 Å². The first-order valence-corrected chi connectivity index (χ1v) is 13.7. The van der Waals surface area contributed by atoms with Crippen molar-refractivity contribution in [3.8, 4) is 0 Å². The van der Waals surface area contributed by atoms with Crippen molar-refractivity contribution in [2.75, 3.05) is 13.1 Å². The summed E-state index contributed by atoms with van der Waals surface area (Å²) in [6, 6.07) is 22.3. The Bertz CT molecular complexity index is 1440. The fraction of sp³-hybridized carbons (Fsp3) is 0.200.